The number of benzene rings is 3. The minimum atomic E-state index is -0.00594. The van der Waals surface area contributed by atoms with Gasteiger partial charge in [-0.2, -0.15) is 0 Å². The number of anilines is 1. The largest absolute Gasteiger partial charge is 0.378 e. The molecule has 1 aromatic heterocycles. The first-order chi connectivity index (χ1) is 19.0. The van der Waals surface area contributed by atoms with Crippen molar-refractivity contribution in [1.82, 2.24) is 14.8 Å². The minimum absolute atomic E-state index is 0.00594. The van der Waals surface area contributed by atoms with Crippen molar-refractivity contribution in [2.75, 3.05) is 38.6 Å². The van der Waals surface area contributed by atoms with E-state index in [1.165, 1.54) is 16.5 Å². The number of rotatable bonds is 12. The van der Waals surface area contributed by atoms with Crippen LogP contribution >= 0.6 is 0 Å². The van der Waals surface area contributed by atoms with Crippen molar-refractivity contribution in [2.45, 2.75) is 32.2 Å². The van der Waals surface area contributed by atoms with E-state index in [1.807, 2.05) is 55.5 Å². The summed E-state index contributed by atoms with van der Waals surface area (Å²) >= 11 is 0. The van der Waals surface area contributed by atoms with Crippen LogP contribution in [0.2, 0.25) is 0 Å². The van der Waals surface area contributed by atoms with Gasteiger partial charge < -0.3 is 19.7 Å². The van der Waals surface area contributed by atoms with Gasteiger partial charge >= 0.3 is 0 Å². The summed E-state index contributed by atoms with van der Waals surface area (Å²) in [6, 6.07) is 26.8. The zero-order valence-corrected chi connectivity index (χ0v) is 23.0. The average Bonchev–Trinajstić information content (AvgIpc) is 3.73. The fourth-order valence-corrected chi connectivity index (χ4v) is 5.03. The number of fused-ring (bicyclic) bond motifs is 1. The summed E-state index contributed by atoms with van der Waals surface area (Å²) in [6.07, 6.45) is 5.39. The standard InChI is InChI=1S/C33H38N4O2/c1-35(2)29-16-12-26(13-17-29)23-36(21-19-28-22-34-31-11-7-6-10-30(28)31)32(38)24-37(33(39)27-14-15-27)20-18-25-8-4-3-5-9-25/h3-13,16-17,22,27,34H,14-15,18-21,23-24H2,1-2H3. The van der Waals surface area contributed by atoms with Gasteiger partial charge in [-0.05, 0) is 60.6 Å². The first-order valence-corrected chi connectivity index (χ1v) is 13.9. The summed E-state index contributed by atoms with van der Waals surface area (Å²) in [4.78, 5) is 36.1. The number of nitrogens with one attached hydrogen (secondary N) is 1. The maximum Gasteiger partial charge on any atom is 0.242 e. The monoisotopic (exact) mass is 522 g/mol. The quantitative estimate of drug-likeness (QED) is 0.275. The van der Waals surface area contributed by atoms with Crippen LogP contribution in [0.25, 0.3) is 10.9 Å². The number of hydrogen-bond donors (Lipinski definition) is 1. The van der Waals surface area contributed by atoms with Gasteiger partial charge in [-0.15, -0.1) is 0 Å². The van der Waals surface area contributed by atoms with Crippen LogP contribution in [-0.4, -0.2) is 60.3 Å². The molecule has 1 N–H and O–H groups in total. The van der Waals surface area contributed by atoms with Crippen molar-refractivity contribution in [3.8, 4) is 0 Å². The van der Waals surface area contributed by atoms with Gasteiger partial charge in [-0.1, -0.05) is 60.7 Å². The molecule has 4 aromatic rings. The normalized spacial score (nSPS) is 12.9. The summed E-state index contributed by atoms with van der Waals surface area (Å²) < 4.78 is 0. The van der Waals surface area contributed by atoms with Crippen LogP contribution in [0.4, 0.5) is 5.69 Å². The summed E-state index contributed by atoms with van der Waals surface area (Å²) in [5.41, 5.74) is 5.68. The molecule has 6 nitrogen and oxygen atoms in total. The third kappa shape index (κ3) is 6.88. The van der Waals surface area contributed by atoms with Crippen LogP contribution in [-0.2, 0) is 29.0 Å². The predicted molar refractivity (Wildman–Crippen MR) is 158 cm³/mol. The second-order valence-electron chi connectivity index (χ2n) is 10.8. The lowest BCUT2D eigenvalue weighted by Crippen LogP contribution is -2.44. The highest BCUT2D eigenvalue weighted by Crippen LogP contribution is 2.31. The van der Waals surface area contributed by atoms with E-state index in [2.05, 4.69) is 58.4 Å². The van der Waals surface area contributed by atoms with E-state index >= 15 is 0 Å². The summed E-state index contributed by atoms with van der Waals surface area (Å²) in [7, 11) is 4.04. The number of para-hydroxylation sites is 1. The van der Waals surface area contributed by atoms with E-state index in [0.29, 0.717) is 19.6 Å². The Morgan fingerprint density at radius 1 is 0.795 bits per heavy atom. The first-order valence-electron chi connectivity index (χ1n) is 13.9. The predicted octanol–water partition coefficient (Wildman–Crippen LogP) is 5.29. The lowest BCUT2D eigenvalue weighted by Gasteiger charge is -2.28. The number of carbonyl (C=O) groups excluding carboxylic acids is 2. The molecule has 6 heteroatoms. The molecule has 1 fully saturated rings. The lowest BCUT2D eigenvalue weighted by atomic mass is 10.1. The highest BCUT2D eigenvalue weighted by molar-refractivity contribution is 5.87. The number of carbonyl (C=O) groups is 2. The summed E-state index contributed by atoms with van der Waals surface area (Å²) in [5.74, 6) is 0.187. The van der Waals surface area contributed by atoms with E-state index in [0.717, 1.165) is 42.5 Å². The van der Waals surface area contributed by atoms with Crippen LogP contribution < -0.4 is 4.90 Å². The Morgan fingerprint density at radius 3 is 2.21 bits per heavy atom. The van der Waals surface area contributed by atoms with Gasteiger partial charge in [0.1, 0.15) is 0 Å². The zero-order valence-electron chi connectivity index (χ0n) is 23.0. The zero-order chi connectivity index (χ0) is 27.2. The second kappa shape index (κ2) is 12.2. The van der Waals surface area contributed by atoms with Gasteiger partial charge in [0.15, 0.2) is 0 Å². The molecule has 39 heavy (non-hydrogen) atoms. The molecule has 0 radical (unpaired) electrons. The molecule has 0 unspecified atom stereocenters. The maximum absolute atomic E-state index is 13.8. The number of hydrogen-bond acceptors (Lipinski definition) is 3. The highest BCUT2D eigenvalue weighted by Gasteiger charge is 2.34. The fourth-order valence-electron chi connectivity index (χ4n) is 5.03. The van der Waals surface area contributed by atoms with Crippen molar-refractivity contribution in [1.29, 1.82) is 0 Å². The average molecular weight is 523 g/mol. The number of H-pyrrole nitrogens is 1. The highest BCUT2D eigenvalue weighted by atomic mass is 16.2. The molecular weight excluding hydrogens is 484 g/mol. The first kappa shape index (κ1) is 26.5. The molecule has 0 atom stereocenters. The Morgan fingerprint density at radius 2 is 1.49 bits per heavy atom. The molecule has 5 rings (SSSR count). The summed E-state index contributed by atoms with van der Waals surface area (Å²) in [6.45, 7) is 1.77. The van der Waals surface area contributed by atoms with E-state index in [9.17, 15) is 9.59 Å². The van der Waals surface area contributed by atoms with E-state index < -0.39 is 0 Å². The number of aromatic nitrogens is 1. The van der Waals surface area contributed by atoms with Crippen molar-refractivity contribution in [3.63, 3.8) is 0 Å². The van der Waals surface area contributed by atoms with Gasteiger partial charge in [0.25, 0.3) is 0 Å². The molecule has 1 saturated carbocycles. The SMILES string of the molecule is CN(C)c1ccc(CN(CCc2c[nH]c3ccccc23)C(=O)CN(CCc2ccccc2)C(=O)C2CC2)cc1. The molecule has 0 bridgehead atoms. The van der Waals surface area contributed by atoms with Gasteiger partial charge in [-0.25, -0.2) is 0 Å². The van der Waals surface area contributed by atoms with Crippen molar-refractivity contribution in [3.05, 3.63) is 102 Å². The molecule has 1 aliphatic rings. The fraction of sp³-hybridized carbons (Fsp3) is 0.333. The van der Waals surface area contributed by atoms with Gasteiger partial charge in [0, 0.05) is 62.4 Å². The van der Waals surface area contributed by atoms with E-state index in [4.69, 9.17) is 0 Å². The lowest BCUT2D eigenvalue weighted by molar-refractivity contribution is -0.141. The maximum atomic E-state index is 13.8. The number of amides is 2. The van der Waals surface area contributed by atoms with Crippen molar-refractivity contribution in [2.24, 2.45) is 5.92 Å². The minimum Gasteiger partial charge on any atom is -0.378 e. The van der Waals surface area contributed by atoms with Crippen LogP contribution in [0.5, 0.6) is 0 Å². The van der Waals surface area contributed by atoms with Crippen LogP contribution in [0, 0.1) is 5.92 Å². The molecule has 202 valence electrons. The van der Waals surface area contributed by atoms with Crippen molar-refractivity contribution < 1.29 is 9.59 Å². The van der Waals surface area contributed by atoms with Crippen LogP contribution in [0.1, 0.15) is 29.5 Å². The number of aromatic amines is 1. The van der Waals surface area contributed by atoms with Crippen LogP contribution in [0.15, 0.2) is 85.1 Å². The Hall–Kier alpha value is -4.06. The number of nitrogens with zero attached hydrogens (tertiary/aromatic N) is 3. The van der Waals surface area contributed by atoms with Gasteiger partial charge in [0.05, 0.1) is 6.54 Å². The molecule has 0 aliphatic heterocycles. The van der Waals surface area contributed by atoms with E-state index in [1.54, 1.807) is 4.90 Å². The molecule has 1 heterocycles. The van der Waals surface area contributed by atoms with Gasteiger partial charge in [0.2, 0.25) is 11.8 Å². The third-order valence-corrected chi connectivity index (χ3v) is 7.58. The molecule has 1 aliphatic carbocycles. The van der Waals surface area contributed by atoms with Gasteiger partial charge in [-0.3, -0.25) is 9.59 Å². The third-order valence-electron chi connectivity index (χ3n) is 7.58. The topological polar surface area (TPSA) is 59.7 Å². The Bertz CT molecular complexity index is 1390. The van der Waals surface area contributed by atoms with Crippen molar-refractivity contribution >= 4 is 28.4 Å². The molecule has 0 saturated heterocycles. The molecule has 0 spiro atoms. The Kier molecular flexibility index (Phi) is 8.30. The van der Waals surface area contributed by atoms with E-state index in [-0.39, 0.29) is 24.3 Å². The Labute approximate surface area is 231 Å². The smallest absolute Gasteiger partial charge is 0.242 e. The van der Waals surface area contributed by atoms with Crippen LogP contribution in [0.3, 0.4) is 0 Å². The second-order valence-corrected chi connectivity index (χ2v) is 10.8. The summed E-state index contributed by atoms with van der Waals surface area (Å²) in [5, 5.41) is 1.19. The molecule has 3 aromatic carbocycles. The Balaban J connectivity index is 1.32. The molecule has 2 amide bonds. The molecular formula is C33H38N4O2.